The van der Waals surface area contributed by atoms with Crippen LogP contribution in [0.3, 0.4) is 0 Å². The van der Waals surface area contributed by atoms with E-state index in [1.807, 2.05) is 17.7 Å². The van der Waals surface area contributed by atoms with Crippen LogP contribution in [0.4, 0.5) is 0 Å². The molecule has 1 radical (unpaired) electrons. The van der Waals surface area contributed by atoms with Crippen LogP contribution in [0.5, 0.6) is 0 Å². The molecule has 0 saturated carbocycles. The van der Waals surface area contributed by atoms with Crippen molar-refractivity contribution in [3.05, 3.63) is 18.0 Å². The Morgan fingerprint density at radius 2 is 2.33 bits per heavy atom. The SMILES string of the molecule is Cc1c[c]n(C(C)C)n1. The normalized spacial score (nSPS) is 10.7. The molecule has 0 aliphatic carbocycles. The number of hydrogen-bond donors (Lipinski definition) is 0. The quantitative estimate of drug-likeness (QED) is 0.554. The Morgan fingerprint density at radius 1 is 1.67 bits per heavy atom. The van der Waals surface area contributed by atoms with Crippen LogP contribution < -0.4 is 0 Å². The van der Waals surface area contributed by atoms with Crippen LogP contribution in [0, 0.1) is 13.1 Å². The number of rotatable bonds is 1. The molecule has 1 aromatic heterocycles. The molecule has 0 spiro atoms. The standard InChI is InChI=1S/C7H11N2/c1-6(2)9-5-4-7(3)8-9/h4,6H,1-3H3. The largest absolute Gasteiger partial charge is 0.261 e. The van der Waals surface area contributed by atoms with Gasteiger partial charge in [0.05, 0.1) is 11.9 Å². The van der Waals surface area contributed by atoms with E-state index >= 15 is 0 Å². The first-order chi connectivity index (χ1) is 4.20. The van der Waals surface area contributed by atoms with Crippen molar-refractivity contribution in [2.75, 3.05) is 0 Å². The lowest BCUT2D eigenvalue weighted by Crippen LogP contribution is -2.00. The third kappa shape index (κ3) is 1.31. The first-order valence-electron chi connectivity index (χ1n) is 3.14. The highest BCUT2D eigenvalue weighted by Gasteiger charge is 1.96. The second kappa shape index (κ2) is 2.21. The van der Waals surface area contributed by atoms with Crippen LogP contribution in [-0.4, -0.2) is 9.78 Å². The van der Waals surface area contributed by atoms with Crippen molar-refractivity contribution in [1.29, 1.82) is 0 Å². The zero-order valence-corrected chi connectivity index (χ0v) is 6.05. The molecule has 0 N–H and O–H groups in total. The van der Waals surface area contributed by atoms with Crippen molar-refractivity contribution in [3.63, 3.8) is 0 Å². The van der Waals surface area contributed by atoms with Gasteiger partial charge in [-0.15, -0.1) is 0 Å². The Morgan fingerprint density at radius 3 is 2.56 bits per heavy atom. The van der Waals surface area contributed by atoms with Gasteiger partial charge in [0.2, 0.25) is 0 Å². The third-order valence-electron chi connectivity index (χ3n) is 1.16. The highest BCUT2D eigenvalue weighted by Crippen LogP contribution is 2.01. The molecule has 0 aromatic carbocycles. The second-order valence-electron chi connectivity index (χ2n) is 2.45. The molecule has 0 saturated heterocycles. The average Bonchev–Trinajstić information content (AvgIpc) is 2.14. The summed E-state index contributed by atoms with van der Waals surface area (Å²) in [6, 6.07) is 2.32. The van der Waals surface area contributed by atoms with Crippen molar-refractivity contribution in [2.45, 2.75) is 26.8 Å². The summed E-state index contributed by atoms with van der Waals surface area (Å²) in [6.07, 6.45) is 3.01. The minimum atomic E-state index is 0.429. The van der Waals surface area contributed by atoms with Gasteiger partial charge in [0.1, 0.15) is 0 Å². The first-order valence-corrected chi connectivity index (χ1v) is 3.14. The van der Waals surface area contributed by atoms with Gasteiger partial charge in [-0.3, -0.25) is 4.68 Å². The lowest BCUT2D eigenvalue weighted by Gasteiger charge is -2.01. The smallest absolute Gasteiger partial charge is 0.0869 e. The number of nitrogens with zero attached hydrogens (tertiary/aromatic N) is 2. The van der Waals surface area contributed by atoms with E-state index in [0.29, 0.717) is 6.04 Å². The number of aryl methyl sites for hydroxylation is 1. The molecule has 2 nitrogen and oxygen atoms in total. The lowest BCUT2D eigenvalue weighted by molar-refractivity contribution is 0.525. The first kappa shape index (κ1) is 6.33. The summed E-state index contributed by atoms with van der Waals surface area (Å²) in [5.74, 6) is 0. The van der Waals surface area contributed by atoms with Crippen molar-refractivity contribution in [1.82, 2.24) is 9.78 Å². The second-order valence-corrected chi connectivity index (χ2v) is 2.45. The topological polar surface area (TPSA) is 17.8 Å². The molecule has 9 heavy (non-hydrogen) atoms. The van der Waals surface area contributed by atoms with Crippen molar-refractivity contribution < 1.29 is 0 Å². The fourth-order valence-electron chi connectivity index (χ4n) is 0.652. The molecule has 0 aliphatic rings. The van der Waals surface area contributed by atoms with E-state index < -0.39 is 0 Å². The Kier molecular flexibility index (Phi) is 1.56. The third-order valence-corrected chi connectivity index (χ3v) is 1.16. The van der Waals surface area contributed by atoms with Gasteiger partial charge >= 0.3 is 0 Å². The van der Waals surface area contributed by atoms with Crippen molar-refractivity contribution in [2.24, 2.45) is 0 Å². The predicted octanol–water partition coefficient (Wildman–Crippen LogP) is 1.57. The summed E-state index contributed by atoms with van der Waals surface area (Å²) in [4.78, 5) is 0. The fraction of sp³-hybridized carbons (Fsp3) is 0.571. The van der Waals surface area contributed by atoms with E-state index in [1.165, 1.54) is 0 Å². The highest BCUT2D eigenvalue weighted by molar-refractivity contribution is 4.93. The highest BCUT2D eigenvalue weighted by atomic mass is 15.3. The Labute approximate surface area is 55.5 Å². The van der Waals surface area contributed by atoms with Crippen LogP contribution in [0.1, 0.15) is 25.6 Å². The molecule has 2 heteroatoms. The molecular weight excluding hydrogens is 112 g/mol. The molecular formula is C7H11N2. The molecule has 0 atom stereocenters. The molecule has 0 bridgehead atoms. The van der Waals surface area contributed by atoms with Gasteiger partial charge in [-0.25, -0.2) is 0 Å². The van der Waals surface area contributed by atoms with E-state index in [0.717, 1.165) is 5.69 Å². The van der Waals surface area contributed by atoms with Gasteiger partial charge in [-0.2, -0.15) is 5.10 Å². The summed E-state index contributed by atoms with van der Waals surface area (Å²) in [7, 11) is 0. The van der Waals surface area contributed by atoms with E-state index in [2.05, 4.69) is 25.1 Å². The summed E-state index contributed by atoms with van der Waals surface area (Å²) in [5.41, 5.74) is 1.03. The van der Waals surface area contributed by atoms with Crippen molar-refractivity contribution >= 4 is 0 Å². The predicted molar refractivity (Wildman–Crippen MR) is 36.2 cm³/mol. The maximum atomic E-state index is 4.17. The zero-order chi connectivity index (χ0) is 6.85. The molecule has 0 amide bonds. The molecule has 1 rings (SSSR count). The molecule has 0 unspecified atom stereocenters. The van der Waals surface area contributed by atoms with Gasteiger partial charge in [0.15, 0.2) is 0 Å². The molecule has 49 valence electrons. The fourth-order valence-corrected chi connectivity index (χ4v) is 0.652. The lowest BCUT2D eigenvalue weighted by atomic mass is 10.4. The van der Waals surface area contributed by atoms with Crippen LogP contribution >= 0.6 is 0 Å². The average molecular weight is 123 g/mol. The van der Waals surface area contributed by atoms with Gasteiger partial charge in [-0.1, -0.05) is 0 Å². The summed E-state index contributed by atoms with van der Waals surface area (Å²) in [5, 5.41) is 4.17. The van der Waals surface area contributed by atoms with Gasteiger partial charge < -0.3 is 0 Å². The molecule has 0 fully saturated rings. The maximum absolute atomic E-state index is 4.17. The minimum absolute atomic E-state index is 0.429. The van der Waals surface area contributed by atoms with Crippen molar-refractivity contribution in [3.8, 4) is 0 Å². The summed E-state index contributed by atoms with van der Waals surface area (Å²) >= 11 is 0. The van der Waals surface area contributed by atoms with Crippen LogP contribution in [-0.2, 0) is 0 Å². The summed E-state index contributed by atoms with van der Waals surface area (Å²) < 4.78 is 1.83. The number of aromatic nitrogens is 2. The van der Waals surface area contributed by atoms with E-state index in [9.17, 15) is 0 Å². The number of hydrogen-bond acceptors (Lipinski definition) is 1. The Bertz CT molecular complexity index is 189. The van der Waals surface area contributed by atoms with Crippen LogP contribution in [0.15, 0.2) is 6.07 Å². The van der Waals surface area contributed by atoms with Crippen LogP contribution in [0.2, 0.25) is 0 Å². The Balaban J connectivity index is 2.85. The van der Waals surface area contributed by atoms with E-state index in [1.54, 1.807) is 0 Å². The molecule has 1 heterocycles. The summed E-state index contributed by atoms with van der Waals surface area (Å²) in [6.45, 7) is 6.14. The monoisotopic (exact) mass is 123 g/mol. The van der Waals surface area contributed by atoms with Crippen LogP contribution in [0.25, 0.3) is 0 Å². The van der Waals surface area contributed by atoms with Gasteiger partial charge in [0.25, 0.3) is 0 Å². The molecule has 0 aliphatic heterocycles. The van der Waals surface area contributed by atoms with E-state index in [4.69, 9.17) is 0 Å². The molecule has 1 aromatic rings. The minimum Gasteiger partial charge on any atom is -0.261 e. The van der Waals surface area contributed by atoms with E-state index in [-0.39, 0.29) is 0 Å². The van der Waals surface area contributed by atoms with Gasteiger partial charge in [0, 0.05) is 6.04 Å². The maximum Gasteiger partial charge on any atom is 0.0869 e. The van der Waals surface area contributed by atoms with Gasteiger partial charge in [-0.05, 0) is 26.8 Å². The Hall–Kier alpha value is -0.790. The zero-order valence-electron chi connectivity index (χ0n) is 6.05.